The van der Waals surface area contributed by atoms with Crippen LogP contribution in [-0.2, 0) is 22.6 Å². The Bertz CT molecular complexity index is 835. The fourth-order valence-electron chi connectivity index (χ4n) is 3.44. The number of carbonyl (C=O) groups is 1. The summed E-state index contributed by atoms with van der Waals surface area (Å²) in [6.07, 6.45) is 0.745. The van der Waals surface area contributed by atoms with Crippen LogP contribution in [0.1, 0.15) is 50.0 Å². The maximum absolute atomic E-state index is 12.0. The van der Waals surface area contributed by atoms with Crippen molar-refractivity contribution in [1.29, 1.82) is 0 Å². The summed E-state index contributed by atoms with van der Waals surface area (Å²) in [5.41, 5.74) is 3.27. The number of aliphatic hydroxyl groups is 1. The Morgan fingerprint density at radius 1 is 1.26 bits per heavy atom. The van der Waals surface area contributed by atoms with Crippen LogP contribution in [-0.4, -0.2) is 28.4 Å². The summed E-state index contributed by atoms with van der Waals surface area (Å²) in [5, 5.41) is 19.7. The maximum Gasteiger partial charge on any atom is 0.337 e. The highest BCUT2D eigenvalue weighted by Gasteiger charge is 2.30. The standard InChI is InChI=1S/C22H26O5/c1-22(2,3)27-20(21(24)25)17-8-4-6-16(13-23)19(17)15-9-10-18-14(12-15)7-5-11-26-18/h4,6,8-10,12,20,23H,5,7,11,13H2,1-3H3,(H,24,25). The molecule has 0 aromatic heterocycles. The molecule has 0 amide bonds. The minimum Gasteiger partial charge on any atom is -0.493 e. The van der Waals surface area contributed by atoms with Crippen LogP contribution in [0.25, 0.3) is 11.1 Å². The van der Waals surface area contributed by atoms with E-state index >= 15 is 0 Å². The van der Waals surface area contributed by atoms with E-state index in [1.165, 1.54) is 0 Å². The third-order valence-corrected chi connectivity index (χ3v) is 4.53. The highest BCUT2D eigenvalue weighted by atomic mass is 16.5. The largest absolute Gasteiger partial charge is 0.493 e. The summed E-state index contributed by atoms with van der Waals surface area (Å²) < 4.78 is 11.5. The molecule has 3 rings (SSSR count). The van der Waals surface area contributed by atoms with E-state index in [-0.39, 0.29) is 6.61 Å². The van der Waals surface area contributed by atoms with Gasteiger partial charge in [0.15, 0.2) is 6.10 Å². The lowest BCUT2D eigenvalue weighted by Gasteiger charge is -2.27. The predicted octanol–water partition coefficient (Wildman–Crippen LogP) is 4.11. The number of carboxylic acids is 1. The number of aliphatic carboxylic acids is 1. The second-order valence-electron chi connectivity index (χ2n) is 7.76. The van der Waals surface area contributed by atoms with Gasteiger partial charge in [-0.3, -0.25) is 0 Å². The Morgan fingerprint density at radius 2 is 2.04 bits per heavy atom. The molecule has 1 atom stereocenters. The van der Waals surface area contributed by atoms with E-state index in [2.05, 4.69) is 0 Å². The van der Waals surface area contributed by atoms with Crippen molar-refractivity contribution >= 4 is 5.97 Å². The molecule has 0 radical (unpaired) electrons. The number of rotatable bonds is 5. The lowest BCUT2D eigenvalue weighted by Crippen LogP contribution is -2.27. The second kappa shape index (κ2) is 7.71. The third-order valence-electron chi connectivity index (χ3n) is 4.53. The van der Waals surface area contributed by atoms with Crippen molar-refractivity contribution in [3.63, 3.8) is 0 Å². The molecule has 5 heteroatoms. The summed E-state index contributed by atoms with van der Waals surface area (Å²) in [6, 6.07) is 11.2. The Balaban J connectivity index is 2.15. The van der Waals surface area contributed by atoms with E-state index in [1.54, 1.807) is 12.1 Å². The smallest absolute Gasteiger partial charge is 0.337 e. The molecule has 1 heterocycles. The van der Waals surface area contributed by atoms with Crippen molar-refractivity contribution in [3.8, 4) is 16.9 Å². The van der Waals surface area contributed by atoms with Crippen LogP contribution in [0.15, 0.2) is 36.4 Å². The summed E-state index contributed by atoms with van der Waals surface area (Å²) in [5.74, 6) is -0.184. The summed E-state index contributed by atoms with van der Waals surface area (Å²) in [4.78, 5) is 12.0. The van der Waals surface area contributed by atoms with E-state index < -0.39 is 17.7 Å². The maximum atomic E-state index is 12.0. The summed E-state index contributed by atoms with van der Waals surface area (Å²) in [7, 11) is 0. The van der Waals surface area contributed by atoms with E-state index in [9.17, 15) is 15.0 Å². The highest BCUT2D eigenvalue weighted by molar-refractivity contribution is 5.81. The van der Waals surface area contributed by atoms with Crippen LogP contribution in [0.4, 0.5) is 0 Å². The van der Waals surface area contributed by atoms with Crippen LogP contribution in [0.5, 0.6) is 5.75 Å². The number of hydrogen-bond acceptors (Lipinski definition) is 4. The molecule has 27 heavy (non-hydrogen) atoms. The molecule has 144 valence electrons. The van der Waals surface area contributed by atoms with Crippen LogP contribution >= 0.6 is 0 Å². The molecule has 0 bridgehead atoms. The SMILES string of the molecule is CC(C)(C)OC(C(=O)O)c1cccc(CO)c1-c1ccc2c(c1)CCCO2. The number of benzene rings is 2. The van der Waals surface area contributed by atoms with Gasteiger partial charge in [-0.15, -0.1) is 0 Å². The Hall–Kier alpha value is -2.37. The molecule has 0 aliphatic carbocycles. The van der Waals surface area contributed by atoms with E-state index in [0.29, 0.717) is 23.3 Å². The first-order chi connectivity index (χ1) is 12.8. The van der Waals surface area contributed by atoms with Crippen molar-refractivity contribution in [1.82, 2.24) is 0 Å². The van der Waals surface area contributed by atoms with Gasteiger partial charge in [0.25, 0.3) is 0 Å². The molecule has 1 unspecified atom stereocenters. The number of aliphatic hydroxyl groups excluding tert-OH is 1. The first-order valence-corrected chi connectivity index (χ1v) is 9.19. The molecular formula is C22H26O5. The van der Waals surface area contributed by atoms with Crippen molar-refractivity contribution in [3.05, 3.63) is 53.1 Å². The van der Waals surface area contributed by atoms with Crippen LogP contribution < -0.4 is 4.74 Å². The van der Waals surface area contributed by atoms with Gasteiger partial charge in [0.2, 0.25) is 0 Å². The van der Waals surface area contributed by atoms with E-state index in [0.717, 1.165) is 29.7 Å². The molecule has 0 saturated heterocycles. The van der Waals surface area contributed by atoms with Gasteiger partial charge in [-0.2, -0.15) is 0 Å². The molecule has 1 aliphatic rings. The average molecular weight is 370 g/mol. The molecular weight excluding hydrogens is 344 g/mol. The molecule has 5 nitrogen and oxygen atoms in total. The monoisotopic (exact) mass is 370 g/mol. The summed E-state index contributed by atoms with van der Waals surface area (Å²) >= 11 is 0. The van der Waals surface area contributed by atoms with Crippen molar-refractivity contribution in [2.45, 2.75) is 51.9 Å². The number of aryl methyl sites for hydroxylation is 1. The summed E-state index contributed by atoms with van der Waals surface area (Å²) in [6.45, 7) is 6.02. The number of carboxylic acid groups (broad SMARTS) is 1. The average Bonchev–Trinajstić information content (AvgIpc) is 2.64. The second-order valence-corrected chi connectivity index (χ2v) is 7.76. The third kappa shape index (κ3) is 4.31. The first kappa shape index (κ1) is 19.4. The molecule has 1 aliphatic heterocycles. The lowest BCUT2D eigenvalue weighted by molar-refractivity contribution is -0.160. The van der Waals surface area contributed by atoms with Gasteiger partial charge in [0.05, 0.1) is 18.8 Å². The van der Waals surface area contributed by atoms with Crippen molar-refractivity contribution < 1.29 is 24.5 Å². The Morgan fingerprint density at radius 3 is 2.70 bits per heavy atom. The van der Waals surface area contributed by atoms with Gasteiger partial charge in [-0.1, -0.05) is 24.3 Å². The minimum atomic E-state index is -1.13. The van der Waals surface area contributed by atoms with Gasteiger partial charge in [-0.05, 0) is 68.0 Å². The lowest BCUT2D eigenvalue weighted by atomic mass is 9.89. The fourth-order valence-corrected chi connectivity index (χ4v) is 3.44. The number of ether oxygens (including phenoxy) is 2. The zero-order chi connectivity index (χ0) is 19.6. The molecule has 0 fully saturated rings. The molecule has 2 aromatic rings. The zero-order valence-electron chi connectivity index (χ0n) is 16.0. The number of fused-ring (bicyclic) bond motifs is 1. The Kier molecular flexibility index (Phi) is 5.53. The minimum absolute atomic E-state index is 0.182. The Labute approximate surface area is 159 Å². The quantitative estimate of drug-likeness (QED) is 0.828. The molecule has 0 saturated carbocycles. The normalized spacial score (nSPS) is 15.0. The van der Waals surface area contributed by atoms with Crippen LogP contribution in [0.2, 0.25) is 0 Å². The van der Waals surface area contributed by atoms with Crippen LogP contribution in [0.3, 0.4) is 0 Å². The zero-order valence-corrected chi connectivity index (χ0v) is 16.0. The fraction of sp³-hybridized carbons (Fsp3) is 0.409. The van der Waals surface area contributed by atoms with E-state index in [1.807, 2.05) is 45.0 Å². The van der Waals surface area contributed by atoms with Gasteiger partial charge in [0, 0.05) is 5.56 Å². The van der Waals surface area contributed by atoms with Crippen LogP contribution in [0, 0.1) is 0 Å². The van der Waals surface area contributed by atoms with E-state index in [4.69, 9.17) is 9.47 Å². The van der Waals surface area contributed by atoms with Crippen molar-refractivity contribution in [2.75, 3.05) is 6.61 Å². The first-order valence-electron chi connectivity index (χ1n) is 9.19. The van der Waals surface area contributed by atoms with Crippen molar-refractivity contribution in [2.24, 2.45) is 0 Å². The number of hydrogen-bond donors (Lipinski definition) is 2. The molecule has 0 spiro atoms. The van der Waals surface area contributed by atoms with Gasteiger partial charge >= 0.3 is 5.97 Å². The predicted molar refractivity (Wildman–Crippen MR) is 103 cm³/mol. The van der Waals surface area contributed by atoms with Gasteiger partial charge < -0.3 is 19.7 Å². The highest BCUT2D eigenvalue weighted by Crippen LogP contribution is 2.38. The topological polar surface area (TPSA) is 76.0 Å². The molecule has 2 N–H and O–H groups in total. The van der Waals surface area contributed by atoms with Gasteiger partial charge in [-0.25, -0.2) is 4.79 Å². The van der Waals surface area contributed by atoms with Gasteiger partial charge in [0.1, 0.15) is 5.75 Å². The molecule has 2 aromatic carbocycles.